The molecule has 10 rings (SSSR count). The van der Waals surface area contributed by atoms with Crippen LogP contribution in [0.4, 0.5) is 0 Å². The number of rotatable bonds is 5. The molecule has 2 heterocycles. The standard InChI is InChI=1S/C48H34N2/c1-3-13-33(14-4-1)35-25-28-38(29-26-35)50-46-24-10-7-19-41(46)43-22-12-21-40(48(43)50)37-27-30-47-44(32-37)42-20-8-9-23-45(42)49(47)39-18-11-17-36(31-39)34-15-5-2-6-16-34/h1-7,9-19,21-32H,8,20H2. The lowest BCUT2D eigenvalue weighted by molar-refractivity contribution is 0.968. The Morgan fingerprint density at radius 3 is 1.86 bits per heavy atom. The molecule has 2 heteroatoms. The van der Waals surface area contributed by atoms with Gasteiger partial charge in [-0.15, -0.1) is 0 Å². The Labute approximate surface area is 291 Å². The van der Waals surface area contributed by atoms with Crippen molar-refractivity contribution in [2.24, 2.45) is 0 Å². The fraction of sp³-hybridized carbons (Fsp3) is 0.0417. The van der Waals surface area contributed by atoms with E-state index in [1.54, 1.807) is 0 Å². The molecule has 0 spiro atoms. The summed E-state index contributed by atoms with van der Waals surface area (Å²) in [6.45, 7) is 0. The predicted octanol–water partition coefficient (Wildman–Crippen LogP) is 12.7. The van der Waals surface area contributed by atoms with Gasteiger partial charge < -0.3 is 9.13 Å². The minimum absolute atomic E-state index is 1.04. The second-order valence-electron chi connectivity index (χ2n) is 13.3. The Balaban J connectivity index is 1.17. The molecule has 0 bridgehead atoms. The highest BCUT2D eigenvalue weighted by molar-refractivity contribution is 6.14. The van der Waals surface area contributed by atoms with Gasteiger partial charge in [0.05, 0.1) is 16.6 Å². The van der Waals surface area contributed by atoms with Crippen molar-refractivity contribution in [3.8, 4) is 44.8 Å². The quantitative estimate of drug-likeness (QED) is 0.178. The van der Waals surface area contributed by atoms with Gasteiger partial charge in [-0.2, -0.15) is 0 Å². The first-order valence-electron chi connectivity index (χ1n) is 17.5. The molecule has 236 valence electrons. The molecule has 50 heavy (non-hydrogen) atoms. The van der Waals surface area contributed by atoms with Gasteiger partial charge in [0.15, 0.2) is 0 Å². The predicted molar refractivity (Wildman–Crippen MR) is 211 cm³/mol. The van der Waals surface area contributed by atoms with E-state index < -0.39 is 0 Å². The van der Waals surface area contributed by atoms with Crippen LogP contribution in [0.1, 0.15) is 17.7 Å². The normalized spacial score (nSPS) is 12.6. The Hall–Kier alpha value is -6.38. The van der Waals surface area contributed by atoms with Crippen molar-refractivity contribution >= 4 is 38.8 Å². The maximum atomic E-state index is 2.46. The van der Waals surface area contributed by atoms with Crippen molar-refractivity contribution in [1.82, 2.24) is 9.13 Å². The molecular weight excluding hydrogens is 605 g/mol. The first kappa shape index (κ1) is 28.6. The molecule has 0 atom stereocenters. The molecule has 0 radical (unpaired) electrons. The molecule has 0 unspecified atom stereocenters. The summed E-state index contributed by atoms with van der Waals surface area (Å²) in [4.78, 5) is 0. The van der Waals surface area contributed by atoms with Crippen molar-refractivity contribution in [1.29, 1.82) is 0 Å². The summed E-state index contributed by atoms with van der Waals surface area (Å²) in [6.07, 6.45) is 6.74. The van der Waals surface area contributed by atoms with Gasteiger partial charge in [-0.1, -0.05) is 133 Å². The Bertz CT molecular complexity index is 2730. The Morgan fingerprint density at radius 1 is 0.400 bits per heavy atom. The molecule has 0 N–H and O–H groups in total. The first-order valence-corrected chi connectivity index (χ1v) is 17.5. The van der Waals surface area contributed by atoms with E-state index in [-0.39, 0.29) is 0 Å². The Morgan fingerprint density at radius 2 is 1.04 bits per heavy atom. The number of para-hydroxylation sites is 2. The Kier molecular flexibility index (Phi) is 6.67. The zero-order valence-electron chi connectivity index (χ0n) is 27.6. The smallest absolute Gasteiger partial charge is 0.0619 e. The van der Waals surface area contributed by atoms with Crippen molar-refractivity contribution in [2.45, 2.75) is 12.8 Å². The van der Waals surface area contributed by atoms with Crippen molar-refractivity contribution in [2.75, 3.05) is 0 Å². The average molecular weight is 639 g/mol. The van der Waals surface area contributed by atoms with Crippen molar-refractivity contribution < 1.29 is 0 Å². The van der Waals surface area contributed by atoms with E-state index in [4.69, 9.17) is 0 Å². The molecule has 0 saturated heterocycles. The number of hydrogen-bond acceptors (Lipinski definition) is 0. The molecule has 0 amide bonds. The van der Waals surface area contributed by atoms with Gasteiger partial charge in [-0.25, -0.2) is 0 Å². The van der Waals surface area contributed by atoms with E-state index in [1.807, 2.05) is 0 Å². The van der Waals surface area contributed by atoms with Crippen LogP contribution in [-0.2, 0) is 6.42 Å². The summed E-state index contributed by atoms with van der Waals surface area (Å²) in [5, 5.41) is 3.87. The topological polar surface area (TPSA) is 9.86 Å². The molecule has 2 nitrogen and oxygen atoms in total. The molecule has 0 fully saturated rings. The average Bonchev–Trinajstić information content (AvgIpc) is 3.71. The van der Waals surface area contributed by atoms with Crippen LogP contribution in [0.5, 0.6) is 0 Å². The second-order valence-corrected chi connectivity index (χ2v) is 13.3. The number of aromatic nitrogens is 2. The largest absolute Gasteiger partial charge is 0.310 e. The second kappa shape index (κ2) is 11.6. The molecule has 0 aliphatic heterocycles. The van der Waals surface area contributed by atoms with Crippen molar-refractivity contribution in [3.63, 3.8) is 0 Å². The molecule has 1 aliphatic carbocycles. The first-order chi connectivity index (χ1) is 24.8. The lowest BCUT2D eigenvalue weighted by Gasteiger charge is -2.14. The molecule has 7 aromatic carbocycles. The highest BCUT2D eigenvalue weighted by Crippen LogP contribution is 2.41. The van der Waals surface area contributed by atoms with Crippen LogP contribution in [0, 0.1) is 0 Å². The maximum Gasteiger partial charge on any atom is 0.0619 e. The van der Waals surface area contributed by atoms with E-state index in [0.717, 1.165) is 18.5 Å². The monoisotopic (exact) mass is 638 g/mol. The number of fused-ring (bicyclic) bond motifs is 6. The van der Waals surface area contributed by atoms with Crippen LogP contribution in [0.3, 0.4) is 0 Å². The van der Waals surface area contributed by atoms with Gasteiger partial charge in [-0.3, -0.25) is 0 Å². The minimum atomic E-state index is 1.04. The number of allylic oxidation sites excluding steroid dienone is 1. The minimum Gasteiger partial charge on any atom is -0.310 e. The van der Waals surface area contributed by atoms with Crippen LogP contribution in [0.25, 0.3) is 83.5 Å². The highest BCUT2D eigenvalue weighted by Gasteiger charge is 2.21. The SMILES string of the molecule is C1=Cc2c(c3cc(-c4cccc5c6ccccc6n(-c6ccc(-c7ccccc7)cc6)c45)ccc3n2-c2cccc(-c3ccccc3)c2)CC1. The van der Waals surface area contributed by atoms with Crippen LogP contribution >= 0.6 is 0 Å². The third-order valence-corrected chi connectivity index (χ3v) is 10.4. The number of aryl methyl sites for hydroxylation is 1. The van der Waals surface area contributed by atoms with Gasteiger partial charge in [-0.05, 0) is 94.8 Å². The van der Waals surface area contributed by atoms with E-state index in [2.05, 4.69) is 191 Å². The third-order valence-electron chi connectivity index (χ3n) is 10.4. The van der Waals surface area contributed by atoms with E-state index in [9.17, 15) is 0 Å². The van der Waals surface area contributed by atoms with Crippen molar-refractivity contribution in [3.05, 3.63) is 187 Å². The summed E-state index contributed by atoms with van der Waals surface area (Å²) >= 11 is 0. The lowest BCUT2D eigenvalue weighted by atomic mass is 9.96. The zero-order chi connectivity index (χ0) is 33.0. The van der Waals surface area contributed by atoms with E-state index >= 15 is 0 Å². The fourth-order valence-corrected chi connectivity index (χ4v) is 8.09. The highest BCUT2D eigenvalue weighted by atomic mass is 15.0. The fourth-order valence-electron chi connectivity index (χ4n) is 8.09. The molecule has 0 saturated carbocycles. The number of nitrogens with zero attached hydrogens (tertiary/aromatic N) is 2. The van der Waals surface area contributed by atoms with Crippen LogP contribution in [-0.4, -0.2) is 9.13 Å². The summed E-state index contributed by atoms with van der Waals surface area (Å²) in [5.41, 5.74) is 16.2. The van der Waals surface area contributed by atoms with Gasteiger partial charge in [0.2, 0.25) is 0 Å². The van der Waals surface area contributed by atoms with Gasteiger partial charge in [0, 0.05) is 38.8 Å². The molecular formula is C48H34N2. The number of hydrogen-bond donors (Lipinski definition) is 0. The van der Waals surface area contributed by atoms with E-state index in [1.165, 1.54) is 83.0 Å². The van der Waals surface area contributed by atoms with E-state index in [0.29, 0.717) is 0 Å². The zero-order valence-corrected chi connectivity index (χ0v) is 27.6. The maximum absolute atomic E-state index is 2.46. The number of benzene rings is 7. The molecule has 9 aromatic rings. The summed E-state index contributed by atoms with van der Waals surface area (Å²) in [7, 11) is 0. The van der Waals surface area contributed by atoms with Crippen LogP contribution in [0.2, 0.25) is 0 Å². The third kappa shape index (κ3) is 4.57. The molecule has 2 aromatic heterocycles. The van der Waals surface area contributed by atoms with Gasteiger partial charge in [0.25, 0.3) is 0 Å². The lowest BCUT2D eigenvalue weighted by Crippen LogP contribution is -2.00. The summed E-state index contributed by atoms with van der Waals surface area (Å²) in [6, 6.07) is 62.0. The van der Waals surface area contributed by atoms with Crippen LogP contribution < -0.4 is 0 Å². The van der Waals surface area contributed by atoms with Gasteiger partial charge >= 0.3 is 0 Å². The van der Waals surface area contributed by atoms with Gasteiger partial charge in [0.1, 0.15) is 0 Å². The molecule has 1 aliphatic rings. The van der Waals surface area contributed by atoms with Crippen LogP contribution in [0.15, 0.2) is 176 Å². The summed E-state index contributed by atoms with van der Waals surface area (Å²) < 4.78 is 4.92. The summed E-state index contributed by atoms with van der Waals surface area (Å²) in [5.74, 6) is 0.